The molecule has 1 aliphatic rings. The molecule has 1 fully saturated rings. The highest BCUT2D eigenvalue weighted by molar-refractivity contribution is 5.75. The minimum Gasteiger partial charge on any atom is -0.469 e. The van der Waals surface area contributed by atoms with Crippen LogP contribution in [0, 0.1) is 0 Å². The van der Waals surface area contributed by atoms with Crippen LogP contribution >= 0.6 is 0 Å². The maximum atomic E-state index is 11.2. The van der Waals surface area contributed by atoms with Crippen molar-refractivity contribution in [2.45, 2.75) is 25.4 Å². The molecule has 1 amide bonds. The number of nitrogens with zero attached hydrogens (tertiary/aromatic N) is 1. The quantitative estimate of drug-likeness (QED) is 0.667. The monoisotopic (exact) mass is 258 g/mol. The summed E-state index contributed by atoms with van der Waals surface area (Å²) in [6, 6.07) is 0. The number of morpholine rings is 1. The summed E-state index contributed by atoms with van der Waals surface area (Å²) >= 11 is 0. The molecule has 0 saturated carbocycles. The Bertz CT molecular complexity index is 283. The molecule has 1 unspecified atom stereocenters. The van der Waals surface area contributed by atoms with Gasteiger partial charge >= 0.3 is 5.97 Å². The van der Waals surface area contributed by atoms with Crippen molar-refractivity contribution < 1.29 is 19.1 Å². The Labute approximate surface area is 108 Å². The van der Waals surface area contributed by atoms with E-state index in [1.807, 2.05) is 0 Å². The molecule has 0 radical (unpaired) electrons. The van der Waals surface area contributed by atoms with Gasteiger partial charge in [0, 0.05) is 26.6 Å². The second-order valence-electron chi connectivity index (χ2n) is 4.35. The Balaban J connectivity index is 2.22. The van der Waals surface area contributed by atoms with Gasteiger partial charge in [-0.1, -0.05) is 0 Å². The van der Waals surface area contributed by atoms with Crippen molar-refractivity contribution in [2.75, 3.05) is 40.4 Å². The number of hydrogen-bond acceptors (Lipinski definition) is 5. The SMILES string of the molecule is CNC(=O)CCCN1CCOC(CC(=O)OC)C1. The summed E-state index contributed by atoms with van der Waals surface area (Å²) in [6.45, 7) is 3.06. The summed E-state index contributed by atoms with van der Waals surface area (Å²) in [5.74, 6) is -0.179. The lowest BCUT2D eigenvalue weighted by atomic mass is 10.2. The normalized spacial score (nSPS) is 20.4. The highest BCUT2D eigenvalue weighted by Crippen LogP contribution is 2.10. The smallest absolute Gasteiger partial charge is 0.308 e. The average Bonchev–Trinajstić information content (AvgIpc) is 2.38. The number of nitrogens with one attached hydrogen (secondary N) is 1. The van der Waals surface area contributed by atoms with Gasteiger partial charge < -0.3 is 14.8 Å². The van der Waals surface area contributed by atoms with Crippen molar-refractivity contribution in [3.05, 3.63) is 0 Å². The van der Waals surface area contributed by atoms with Crippen molar-refractivity contribution in [1.82, 2.24) is 10.2 Å². The van der Waals surface area contributed by atoms with E-state index in [2.05, 4.69) is 15.0 Å². The molecule has 6 nitrogen and oxygen atoms in total. The molecule has 1 aliphatic heterocycles. The fourth-order valence-corrected chi connectivity index (χ4v) is 1.96. The van der Waals surface area contributed by atoms with Crippen LogP contribution in [0.1, 0.15) is 19.3 Å². The third-order valence-electron chi connectivity index (χ3n) is 3.00. The first-order chi connectivity index (χ1) is 8.65. The summed E-state index contributed by atoms with van der Waals surface area (Å²) in [5.41, 5.74) is 0. The number of esters is 1. The van der Waals surface area contributed by atoms with E-state index in [-0.39, 0.29) is 18.0 Å². The fourth-order valence-electron chi connectivity index (χ4n) is 1.96. The van der Waals surface area contributed by atoms with E-state index in [1.54, 1.807) is 7.05 Å². The summed E-state index contributed by atoms with van der Waals surface area (Å²) in [6.07, 6.45) is 1.56. The van der Waals surface area contributed by atoms with Gasteiger partial charge in [0.15, 0.2) is 0 Å². The number of carbonyl (C=O) groups is 2. The Morgan fingerprint density at radius 3 is 2.94 bits per heavy atom. The van der Waals surface area contributed by atoms with Gasteiger partial charge in [-0.05, 0) is 13.0 Å². The molecule has 6 heteroatoms. The van der Waals surface area contributed by atoms with E-state index in [0.29, 0.717) is 19.4 Å². The van der Waals surface area contributed by atoms with Gasteiger partial charge in [-0.15, -0.1) is 0 Å². The Kier molecular flexibility index (Phi) is 6.67. The molecule has 1 heterocycles. The minimum absolute atomic E-state index is 0.0642. The van der Waals surface area contributed by atoms with Crippen LogP contribution in [0.5, 0.6) is 0 Å². The van der Waals surface area contributed by atoms with E-state index in [9.17, 15) is 9.59 Å². The molecule has 0 bridgehead atoms. The largest absolute Gasteiger partial charge is 0.469 e. The highest BCUT2D eigenvalue weighted by atomic mass is 16.5. The molecule has 18 heavy (non-hydrogen) atoms. The van der Waals surface area contributed by atoms with Gasteiger partial charge in [0.05, 0.1) is 26.2 Å². The highest BCUT2D eigenvalue weighted by Gasteiger charge is 2.22. The third-order valence-corrected chi connectivity index (χ3v) is 3.00. The second-order valence-corrected chi connectivity index (χ2v) is 4.35. The van der Waals surface area contributed by atoms with E-state index < -0.39 is 0 Å². The van der Waals surface area contributed by atoms with Crippen molar-refractivity contribution in [1.29, 1.82) is 0 Å². The number of hydrogen-bond donors (Lipinski definition) is 1. The van der Waals surface area contributed by atoms with E-state index >= 15 is 0 Å². The van der Waals surface area contributed by atoms with Crippen LogP contribution in [0.2, 0.25) is 0 Å². The molecule has 0 aromatic carbocycles. The van der Waals surface area contributed by atoms with Crippen LogP contribution in [0.15, 0.2) is 0 Å². The maximum Gasteiger partial charge on any atom is 0.308 e. The fraction of sp³-hybridized carbons (Fsp3) is 0.833. The molecule has 0 aromatic heterocycles. The maximum absolute atomic E-state index is 11.2. The molecule has 1 atom stereocenters. The summed E-state index contributed by atoms with van der Waals surface area (Å²) in [5, 5.41) is 2.60. The number of methoxy groups -OCH3 is 1. The number of amides is 1. The van der Waals surface area contributed by atoms with Crippen molar-refractivity contribution in [2.24, 2.45) is 0 Å². The molecule has 1 rings (SSSR count). The second kappa shape index (κ2) is 8.05. The van der Waals surface area contributed by atoms with Gasteiger partial charge in [-0.3, -0.25) is 14.5 Å². The van der Waals surface area contributed by atoms with Gasteiger partial charge in [0.2, 0.25) is 5.91 Å². The zero-order chi connectivity index (χ0) is 13.4. The predicted octanol–water partition coefficient (Wildman–Crippen LogP) is -0.223. The van der Waals surface area contributed by atoms with Gasteiger partial charge in [0.1, 0.15) is 0 Å². The van der Waals surface area contributed by atoms with Crippen molar-refractivity contribution in [3.8, 4) is 0 Å². The van der Waals surface area contributed by atoms with Crippen LogP contribution < -0.4 is 5.32 Å². The van der Waals surface area contributed by atoms with Gasteiger partial charge in [-0.2, -0.15) is 0 Å². The topological polar surface area (TPSA) is 67.9 Å². The van der Waals surface area contributed by atoms with Crippen molar-refractivity contribution in [3.63, 3.8) is 0 Å². The summed E-state index contributed by atoms with van der Waals surface area (Å²) in [7, 11) is 3.02. The molecular formula is C12H22N2O4. The van der Waals surface area contributed by atoms with Crippen LogP contribution in [0.25, 0.3) is 0 Å². The molecule has 104 valence electrons. The summed E-state index contributed by atoms with van der Waals surface area (Å²) in [4.78, 5) is 24.5. The summed E-state index contributed by atoms with van der Waals surface area (Å²) < 4.78 is 10.1. The first kappa shape index (κ1) is 14.9. The zero-order valence-corrected chi connectivity index (χ0v) is 11.1. The van der Waals surface area contributed by atoms with Crippen LogP contribution in [0.3, 0.4) is 0 Å². The third kappa shape index (κ3) is 5.46. The minimum atomic E-state index is -0.243. The molecule has 0 aromatic rings. The zero-order valence-electron chi connectivity index (χ0n) is 11.1. The van der Waals surface area contributed by atoms with Gasteiger partial charge in [0.25, 0.3) is 0 Å². The standard InChI is InChI=1S/C12H22N2O4/c1-13-11(15)4-3-5-14-6-7-18-10(9-14)8-12(16)17-2/h10H,3-9H2,1-2H3,(H,13,15). The lowest BCUT2D eigenvalue weighted by Gasteiger charge is -2.32. The average molecular weight is 258 g/mol. The van der Waals surface area contributed by atoms with Gasteiger partial charge in [-0.25, -0.2) is 0 Å². The molecule has 0 spiro atoms. The van der Waals surface area contributed by atoms with E-state index in [0.717, 1.165) is 26.1 Å². The Hall–Kier alpha value is -1.14. The molecular weight excluding hydrogens is 236 g/mol. The number of carbonyl (C=O) groups excluding carboxylic acids is 2. The van der Waals surface area contributed by atoms with Crippen LogP contribution in [0.4, 0.5) is 0 Å². The first-order valence-electron chi connectivity index (χ1n) is 6.27. The molecule has 1 N–H and O–H groups in total. The van der Waals surface area contributed by atoms with Crippen LogP contribution in [-0.2, 0) is 19.1 Å². The van der Waals surface area contributed by atoms with E-state index in [4.69, 9.17) is 4.74 Å². The predicted molar refractivity (Wildman–Crippen MR) is 66.1 cm³/mol. The molecule has 1 saturated heterocycles. The van der Waals surface area contributed by atoms with E-state index in [1.165, 1.54) is 7.11 Å². The first-order valence-corrected chi connectivity index (χ1v) is 6.27. The lowest BCUT2D eigenvalue weighted by molar-refractivity contribution is -0.145. The Morgan fingerprint density at radius 1 is 1.50 bits per heavy atom. The van der Waals surface area contributed by atoms with Crippen molar-refractivity contribution >= 4 is 11.9 Å². The van der Waals surface area contributed by atoms with Crippen LogP contribution in [-0.4, -0.2) is 63.3 Å². The lowest BCUT2D eigenvalue weighted by Crippen LogP contribution is -2.43. The molecule has 0 aliphatic carbocycles. The number of rotatable bonds is 6. The number of ether oxygens (including phenoxy) is 2. The Morgan fingerprint density at radius 2 is 2.28 bits per heavy atom.